The van der Waals surface area contributed by atoms with Gasteiger partial charge in [-0.25, -0.2) is 13.1 Å². The molecule has 0 atom stereocenters. The SMILES string of the molecule is COc1ccc(-n2c(CCNS(=O)(=O)/C=C/c3ccccc3)nnc2SC)cc1. The normalized spacial score (nSPS) is 11.8. The van der Waals surface area contributed by atoms with Crippen molar-refractivity contribution in [1.82, 2.24) is 19.5 Å². The number of hydrogen-bond donors (Lipinski definition) is 1. The van der Waals surface area contributed by atoms with E-state index in [0.29, 0.717) is 12.2 Å². The molecule has 0 saturated carbocycles. The van der Waals surface area contributed by atoms with Gasteiger partial charge in [0, 0.05) is 24.1 Å². The van der Waals surface area contributed by atoms with Gasteiger partial charge in [-0.2, -0.15) is 0 Å². The minimum atomic E-state index is -3.54. The van der Waals surface area contributed by atoms with Gasteiger partial charge in [0.15, 0.2) is 5.16 Å². The minimum Gasteiger partial charge on any atom is -0.497 e. The Morgan fingerprint density at radius 1 is 1.10 bits per heavy atom. The second-order valence-corrected chi connectivity index (χ2v) is 8.46. The van der Waals surface area contributed by atoms with Gasteiger partial charge in [0.1, 0.15) is 11.6 Å². The fourth-order valence-corrected chi connectivity index (χ4v) is 4.01. The molecule has 0 unspecified atom stereocenters. The highest BCUT2D eigenvalue weighted by Crippen LogP contribution is 2.22. The molecule has 0 aliphatic heterocycles. The lowest BCUT2D eigenvalue weighted by Crippen LogP contribution is -2.24. The molecule has 7 nitrogen and oxygen atoms in total. The van der Waals surface area contributed by atoms with Crippen LogP contribution in [0.3, 0.4) is 0 Å². The van der Waals surface area contributed by atoms with E-state index in [1.54, 1.807) is 13.2 Å². The molecule has 0 aliphatic rings. The fraction of sp³-hybridized carbons (Fsp3) is 0.200. The van der Waals surface area contributed by atoms with Crippen LogP contribution in [-0.4, -0.2) is 43.1 Å². The first-order chi connectivity index (χ1) is 14.0. The van der Waals surface area contributed by atoms with E-state index in [1.807, 2.05) is 65.4 Å². The predicted molar refractivity (Wildman–Crippen MR) is 116 cm³/mol. The van der Waals surface area contributed by atoms with E-state index in [9.17, 15) is 8.42 Å². The molecule has 0 fully saturated rings. The number of sulfonamides is 1. The summed E-state index contributed by atoms with van der Waals surface area (Å²) in [6.45, 7) is 0.212. The number of nitrogens with one attached hydrogen (secondary N) is 1. The molecule has 0 radical (unpaired) electrons. The third-order valence-corrected chi connectivity index (χ3v) is 5.83. The Hall–Kier alpha value is -2.62. The van der Waals surface area contributed by atoms with Crippen LogP contribution in [-0.2, 0) is 16.4 Å². The third kappa shape index (κ3) is 5.69. The Kier molecular flexibility index (Phi) is 7.08. The van der Waals surface area contributed by atoms with Crippen molar-refractivity contribution < 1.29 is 13.2 Å². The number of benzene rings is 2. The van der Waals surface area contributed by atoms with Crippen molar-refractivity contribution in [2.45, 2.75) is 11.6 Å². The second kappa shape index (κ2) is 9.73. The zero-order valence-electron chi connectivity index (χ0n) is 16.1. The molecular formula is C20H22N4O3S2. The highest BCUT2D eigenvalue weighted by Gasteiger charge is 2.14. The Morgan fingerprint density at radius 2 is 1.83 bits per heavy atom. The van der Waals surface area contributed by atoms with Gasteiger partial charge < -0.3 is 4.74 Å². The van der Waals surface area contributed by atoms with Gasteiger partial charge in [-0.05, 0) is 42.2 Å². The van der Waals surface area contributed by atoms with Crippen molar-refractivity contribution in [3.63, 3.8) is 0 Å². The maximum atomic E-state index is 12.2. The van der Waals surface area contributed by atoms with Gasteiger partial charge in [-0.1, -0.05) is 42.1 Å². The van der Waals surface area contributed by atoms with Gasteiger partial charge in [0.05, 0.1) is 7.11 Å². The molecule has 1 N–H and O–H groups in total. The summed E-state index contributed by atoms with van der Waals surface area (Å²) in [7, 11) is -1.93. The van der Waals surface area contributed by atoms with Crippen LogP contribution in [0.4, 0.5) is 0 Å². The van der Waals surface area contributed by atoms with Crippen LogP contribution in [0, 0.1) is 0 Å². The Balaban J connectivity index is 1.69. The number of aromatic nitrogens is 3. The fourth-order valence-electron chi connectivity index (χ4n) is 2.67. The van der Waals surface area contributed by atoms with E-state index < -0.39 is 10.0 Å². The first kappa shape index (κ1) is 21.1. The Labute approximate surface area is 174 Å². The van der Waals surface area contributed by atoms with Crippen LogP contribution in [0.2, 0.25) is 0 Å². The summed E-state index contributed by atoms with van der Waals surface area (Å²) in [4.78, 5) is 0. The van der Waals surface area contributed by atoms with Crippen molar-refractivity contribution in [3.05, 3.63) is 71.4 Å². The zero-order valence-corrected chi connectivity index (χ0v) is 17.8. The van der Waals surface area contributed by atoms with Crippen molar-refractivity contribution in [2.24, 2.45) is 0 Å². The van der Waals surface area contributed by atoms with Gasteiger partial charge in [0.25, 0.3) is 0 Å². The number of methoxy groups -OCH3 is 1. The predicted octanol–water partition coefficient (Wildman–Crippen LogP) is 3.13. The molecule has 0 spiro atoms. The van der Waals surface area contributed by atoms with E-state index in [2.05, 4.69) is 14.9 Å². The van der Waals surface area contributed by atoms with E-state index >= 15 is 0 Å². The van der Waals surface area contributed by atoms with Crippen LogP contribution in [0.5, 0.6) is 5.75 Å². The quantitative estimate of drug-likeness (QED) is 0.525. The molecule has 152 valence electrons. The highest BCUT2D eigenvalue weighted by atomic mass is 32.2. The second-order valence-electron chi connectivity index (χ2n) is 6.04. The monoisotopic (exact) mass is 430 g/mol. The summed E-state index contributed by atoms with van der Waals surface area (Å²) >= 11 is 1.47. The molecule has 3 rings (SSSR count). The van der Waals surface area contributed by atoms with E-state index in [1.165, 1.54) is 17.2 Å². The number of hydrogen-bond acceptors (Lipinski definition) is 6. The lowest BCUT2D eigenvalue weighted by atomic mass is 10.2. The van der Waals surface area contributed by atoms with Gasteiger partial charge in [-0.15, -0.1) is 10.2 Å². The summed E-state index contributed by atoms with van der Waals surface area (Å²) in [6, 6.07) is 16.8. The van der Waals surface area contributed by atoms with Crippen molar-refractivity contribution >= 4 is 27.9 Å². The first-order valence-electron chi connectivity index (χ1n) is 8.88. The molecular weight excluding hydrogens is 408 g/mol. The number of nitrogens with zero attached hydrogens (tertiary/aromatic N) is 3. The molecule has 1 heterocycles. The van der Waals surface area contributed by atoms with Crippen molar-refractivity contribution in [1.29, 1.82) is 0 Å². The molecule has 29 heavy (non-hydrogen) atoms. The average molecular weight is 431 g/mol. The van der Waals surface area contributed by atoms with Gasteiger partial charge >= 0.3 is 0 Å². The Morgan fingerprint density at radius 3 is 2.48 bits per heavy atom. The van der Waals surface area contributed by atoms with Crippen LogP contribution < -0.4 is 9.46 Å². The van der Waals surface area contributed by atoms with Crippen LogP contribution in [0.25, 0.3) is 11.8 Å². The maximum Gasteiger partial charge on any atom is 0.233 e. The summed E-state index contributed by atoms with van der Waals surface area (Å²) in [5, 5.41) is 10.3. The number of rotatable bonds is 9. The summed E-state index contributed by atoms with van der Waals surface area (Å²) < 4.78 is 34.1. The van der Waals surface area contributed by atoms with Crippen LogP contribution in [0.1, 0.15) is 11.4 Å². The smallest absolute Gasteiger partial charge is 0.233 e. The van der Waals surface area contributed by atoms with E-state index in [0.717, 1.165) is 22.2 Å². The molecule has 0 amide bonds. The zero-order chi connectivity index (χ0) is 20.7. The molecule has 1 aromatic heterocycles. The van der Waals surface area contributed by atoms with E-state index in [-0.39, 0.29) is 6.54 Å². The molecule has 0 bridgehead atoms. The van der Waals surface area contributed by atoms with E-state index in [4.69, 9.17) is 4.74 Å². The van der Waals surface area contributed by atoms with Crippen LogP contribution >= 0.6 is 11.8 Å². The van der Waals surface area contributed by atoms with Crippen LogP contribution in [0.15, 0.2) is 65.2 Å². The number of thioether (sulfide) groups is 1. The van der Waals surface area contributed by atoms with Crippen molar-refractivity contribution in [2.75, 3.05) is 19.9 Å². The summed E-state index contributed by atoms with van der Waals surface area (Å²) in [5.41, 5.74) is 1.71. The lowest BCUT2D eigenvalue weighted by Gasteiger charge is -2.10. The van der Waals surface area contributed by atoms with Gasteiger partial charge in [0.2, 0.25) is 10.0 Å². The van der Waals surface area contributed by atoms with Crippen molar-refractivity contribution in [3.8, 4) is 11.4 Å². The standard InChI is InChI=1S/C20H22N4O3S2/c1-27-18-10-8-17(9-11-18)24-19(22-23-20(24)28-2)12-14-21-29(25,26)15-13-16-6-4-3-5-7-16/h3-11,13,15,21H,12,14H2,1-2H3/b15-13+. The first-order valence-corrected chi connectivity index (χ1v) is 11.6. The average Bonchev–Trinajstić information content (AvgIpc) is 3.16. The molecule has 3 aromatic rings. The molecule has 9 heteroatoms. The summed E-state index contributed by atoms with van der Waals surface area (Å²) in [5.74, 6) is 1.43. The largest absolute Gasteiger partial charge is 0.497 e. The van der Waals surface area contributed by atoms with Gasteiger partial charge in [-0.3, -0.25) is 4.57 Å². The topological polar surface area (TPSA) is 86.1 Å². The minimum absolute atomic E-state index is 0.212. The highest BCUT2D eigenvalue weighted by molar-refractivity contribution is 7.98. The maximum absolute atomic E-state index is 12.2. The molecule has 2 aromatic carbocycles. The Bertz CT molecular complexity index is 1060. The number of ether oxygens (including phenoxy) is 1. The lowest BCUT2D eigenvalue weighted by molar-refractivity contribution is 0.414. The molecule has 0 saturated heterocycles. The molecule has 0 aliphatic carbocycles. The third-order valence-electron chi connectivity index (χ3n) is 4.10. The summed E-state index contributed by atoms with van der Waals surface area (Å²) in [6.07, 6.45) is 3.89.